The SMILES string of the molecule is N[C@H]1CC(c2cccc(Cl)c2)Oc2cc(F)ccc21. The first kappa shape index (κ1) is 12.5. The van der Waals surface area contributed by atoms with Crippen LogP contribution in [0.1, 0.15) is 29.7 Å². The number of nitrogens with two attached hydrogens (primary N) is 1. The van der Waals surface area contributed by atoms with Gasteiger partial charge < -0.3 is 10.5 Å². The highest BCUT2D eigenvalue weighted by Gasteiger charge is 2.27. The van der Waals surface area contributed by atoms with E-state index in [4.69, 9.17) is 22.1 Å². The molecule has 2 aromatic carbocycles. The van der Waals surface area contributed by atoms with E-state index in [1.165, 1.54) is 12.1 Å². The lowest BCUT2D eigenvalue weighted by atomic mass is 9.93. The molecule has 0 fully saturated rings. The van der Waals surface area contributed by atoms with E-state index in [2.05, 4.69) is 0 Å². The van der Waals surface area contributed by atoms with Crippen molar-refractivity contribution in [3.63, 3.8) is 0 Å². The third-order valence-corrected chi connectivity index (χ3v) is 3.57. The molecule has 0 aliphatic carbocycles. The Kier molecular flexibility index (Phi) is 3.17. The molecule has 0 bridgehead atoms. The van der Waals surface area contributed by atoms with Gasteiger partial charge in [0.1, 0.15) is 17.7 Å². The third-order valence-electron chi connectivity index (χ3n) is 3.33. The molecular formula is C15H13ClFNO. The molecule has 1 aliphatic rings. The van der Waals surface area contributed by atoms with Crippen molar-refractivity contribution in [2.45, 2.75) is 18.6 Å². The van der Waals surface area contributed by atoms with Crippen LogP contribution in [0.4, 0.5) is 4.39 Å². The van der Waals surface area contributed by atoms with Gasteiger partial charge in [0, 0.05) is 29.1 Å². The van der Waals surface area contributed by atoms with E-state index in [1.807, 2.05) is 18.2 Å². The lowest BCUT2D eigenvalue weighted by molar-refractivity contribution is 0.161. The molecule has 1 unspecified atom stereocenters. The van der Waals surface area contributed by atoms with Gasteiger partial charge in [-0.15, -0.1) is 0 Å². The second-order valence-electron chi connectivity index (χ2n) is 4.69. The van der Waals surface area contributed by atoms with Crippen molar-refractivity contribution in [2.24, 2.45) is 5.73 Å². The van der Waals surface area contributed by atoms with Crippen LogP contribution in [-0.4, -0.2) is 0 Å². The molecule has 98 valence electrons. The zero-order valence-electron chi connectivity index (χ0n) is 10.1. The Hall–Kier alpha value is -1.58. The minimum Gasteiger partial charge on any atom is -0.485 e. The van der Waals surface area contributed by atoms with Crippen LogP contribution in [0, 0.1) is 5.82 Å². The molecule has 0 saturated carbocycles. The lowest BCUT2D eigenvalue weighted by Crippen LogP contribution is -2.24. The number of ether oxygens (including phenoxy) is 1. The standard InChI is InChI=1S/C15H13ClFNO/c16-10-3-1-2-9(6-10)14-8-13(18)12-5-4-11(17)7-15(12)19-14/h1-7,13-14H,8,18H2/t13-,14?/m0/s1. The molecule has 1 heterocycles. The van der Waals surface area contributed by atoms with Crippen molar-refractivity contribution < 1.29 is 9.13 Å². The topological polar surface area (TPSA) is 35.2 Å². The second-order valence-corrected chi connectivity index (χ2v) is 5.12. The molecule has 19 heavy (non-hydrogen) atoms. The van der Waals surface area contributed by atoms with Crippen LogP contribution in [0.3, 0.4) is 0 Å². The van der Waals surface area contributed by atoms with Gasteiger partial charge in [-0.3, -0.25) is 0 Å². The highest BCUT2D eigenvalue weighted by molar-refractivity contribution is 6.30. The molecule has 0 radical (unpaired) electrons. The average Bonchev–Trinajstić information content (AvgIpc) is 2.38. The first-order chi connectivity index (χ1) is 9.13. The van der Waals surface area contributed by atoms with Gasteiger partial charge in [0.15, 0.2) is 0 Å². The second kappa shape index (κ2) is 4.83. The molecule has 4 heteroatoms. The maximum atomic E-state index is 13.3. The Bertz CT molecular complexity index is 617. The van der Waals surface area contributed by atoms with E-state index in [0.29, 0.717) is 17.2 Å². The van der Waals surface area contributed by atoms with E-state index in [-0.39, 0.29) is 18.0 Å². The van der Waals surface area contributed by atoms with E-state index < -0.39 is 0 Å². The minimum atomic E-state index is -0.322. The molecule has 2 nitrogen and oxygen atoms in total. The van der Waals surface area contributed by atoms with Crippen LogP contribution < -0.4 is 10.5 Å². The summed E-state index contributed by atoms with van der Waals surface area (Å²) in [7, 11) is 0. The fourth-order valence-electron chi connectivity index (χ4n) is 2.39. The number of hydrogen-bond donors (Lipinski definition) is 1. The average molecular weight is 278 g/mol. The summed E-state index contributed by atoms with van der Waals surface area (Å²) >= 11 is 5.98. The molecule has 1 aliphatic heterocycles. The normalized spacial score (nSPS) is 21.6. The van der Waals surface area contributed by atoms with Crippen LogP contribution >= 0.6 is 11.6 Å². The zero-order chi connectivity index (χ0) is 13.4. The highest BCUT2D eigenvalue weighted by Crippen LogP contribution is 2.40. The summed E-state index contributed by atoms with van der Waals surface area (Å²) in [5, 5.41) is 0.653. The van der Waals surface area contributed by atoms with Gasteiger partial charge in [0.2, 0.25) is 0 Å². The predicted octanol–water partition coefficient (Wildman–Crippen LogP) is 4.00. The summed E-state index contributed by atoms with van der Waals surface area (Å²) < 4.78 is 19.1. The summed E-state index contributed by atoms with van der Waals surface area (Å²) in [4.78, 5) is 0. The van der Waals surface area contributed by atoms with E-state index in [1.54, 1.807) is 12.1 Å². The molecule has 2 N–H and O–H groups in total. The molecule has 0 amide bonds. The molecular weight excluding hydrogens is 265 g/mol. The smallest absolute Gasteiger partial charge is 0.127 e. The van der Waals surface area contributed by atoms with Crippen molar-refractivity contribution in [2.75, 3.05) is 0 Å². The van der Waals surface area contributed by atoms with E-state index in [9.17, 15) is 4.39 Å². The number of halogens is 2. The number of benzene rings is 2. The summed E-state index contributed by atoms with van der Waals surface area (Å²) in [6, 6.07) is 11.8. The minimum absolute atomic E-state index is 0.159. The van der Waals surface area contributed by atoms with Crippen molar-refractivity contribution >= 4 is 11.6 Å². The van der Waals surface area contributed by atoms with Gasteiger partial charge in [-0.1, -0.05) is 29.8 Å². The van der Waals surface area contributed by atoms with Gasteiger partial charge in [0.25, 0.3) is 0 Å². The Balaban J connectivity index is 1.96. The Morgan fingerprint density at radius 2 is 2.05 bits per heavy atom. The molecule has 0 saturated heterocycles. The zero-order valence-corrected chi connectivity index (χ0v) is 10.9. The largest absolute Gasteiger partial charge is 0.485 e. The van der Waals surface area contributed by atoms with Crippen molar-refractivity contribution in [1.82, 2.24) is 0 Å². The molecule has 0 spiro atoms. The maximum Gasteiger partial charge on any atom is 0.127 e. The van der Waals surface area contributed by atoms with Crippen LogP contribution in [0.2, 0.25) is 5.02 Å². The Morgan fingerprint density at radius 1 is 1.21 bits per heavy atom. The summed E-state index contributed by atoms with van der Waals surface area (Å²) in [5.74, 6) is 0.196. The number of rotatable bonds is 1. The molecule has 2 atom stereocenters. The monoisotopic (exact) mass is 277 g/mol. The summed E-state index contributed by atoms with van der Waals surface area (Å²) in [6.07, 6.45) is 0.460. The number of fused-ring (bicyclic) bond motifs is 1. The van der Waals surface area contributed by atoms with Crippen LogP contribution in [0.25, 0.3) is 0 Å². The van der Waals surface area contributed by atoms with Crippen LogP contribution in [0.15, 0.2) is 42.5 Å². The first-order valence-corrected chi connectivity index (χ1v) is 6.48. The first-order valence-electron chi connectivity index (χ1n) is 6.10. The van der Waals surface area contributed by atoms with Gasteiger partial charge >= 0.3 is 0 Å². The molecule has 0 aromatic heterocycles. The van der Waals surface area contributed by atoms with Crippen LogP contribution in [-0.2, 0) is 0 Å². The third kappa shape index (κ3) is 2.44. The maximum absolute atomic E-state index is 13.3. The summed E-state index contributed by atoms with van der Waals surface area (Å²) in [5.41, 5.74) is 7.93. The molecule has 3 rings (SSSR count). The number of hydrogen-bond acceptors (Lipinski definition) is 2. The summed E-state index contributed by atoms with van der Waals surface area (Å²) in [6.45, 7) is 0. The van der Waals surface area contributed by atoms with Crippen molar-refractivity contribution in [1.29, 1.82) is 0 Å². The fraction of sp³-hybridized carbons (Fsp3) is 0.200. The van der Waals surface area contributed by atoms with Crippen molar-refractivity contribution in [3.05, 3.63) is 64.4 Å². The fourth-order valence-corrected chi connectivity index (χ4v) is 2.59. The van der Waals surface area contributed by atoms with Gasteiger partial charge in [-0.05, 0) is 23.8 Å². The van der Waals surface area contributed by atoms with E-state index in [0.717, 1.165) is 11.1 Å². The highest BCUT2D eigenvalue weighted by atomic mass is 35.5. The van der Waals surface area contributed by atoms with Gasteiger partial charge in [-0.25, -0.2) is 4.39 Å². The van der Waals surface area contributed by atoms with Gasteiger partial charge in [0.05, 0.1) is 0 Å². The van der Waals surface area contributed by atoms with Crippen LogP contribution in [0.5, 0.6) is 5.75 Å². The Labute approximate surface area is 115 Å². The predicted molar refractivity (Wildman–Crippen MR) is 72.8 cm³/mol. The molecule has 2 aromatic rings. The van der Waals surface area contributed by atoms with Gasteiger partial charge in [-0.2, -0.15) is 0 Å². The van der Waals surface area contributed by atoms with E-state index >= 15 is 0 Å². The lowest BCUT2D eigenvalue weighted by Gasteiger charge is -2.30. The quantitative estimate of drug-likeness (QED) is 0.855. The Morgan fingerprint density at radius 3 is 2.84 bits per heavy atom. The van der Waals surface area contributed by atoms with Crippen molar-refractivity contribution in [3.8, 4) is 5.75 Å².